The minimum atomic E-state index is -0.638. The Morgan fingerprint density at radius 2 is 1.95 bits per heavy atom. The fraction of sp³-hybridized carbons (Fsp3) is 0.385. The first kappa shape index (κ1) is 14.9. The third kappa shape index (κ3) is 4.95. The van der Waals surface area contributed by atoms with Gasteiger partial charge in [0.2, 0.25) is 5.91 Å². The van der Waals surface area contributed by atoms with Crippen molar-refractivity contribution in [1.29, 1.82) is 0 Å². The van der Waals surface area contributed by atoms with Crippen molar-refractivity contribution in [2.24, 2.45) is 0 Å². The molecular weight excluding hydrogens is 249 g/mol. The molecule has 1 rings (SSSR count). The van der Waals surface area contributed by atoms with E-state index >= 15 is 0 Å². The Morgan fingerprint density at radius 1 is 1.26 bits per heavy atom. The number of halogens is 1. The SMILES string of the molecule is CCNC(=O)C(C)NC(=O)NCc1ccccc1F. The summed E-state index contributed by atoms with van der Waals surface area (Å²) in [4.78, 5) is 22.9. The van der Waals surface area contributed by atoms with Gasteiger partial charge in [-0.05, 0) is 19.9 Å². The van der Waals surface area contributed by atoms with Crippen LogP contribution in [0, 0.1) is 5.82 Å². The summed E-state index contributed by atoms with van der Waals surface area (Å²) >= 11 is 0. The van der Waals surface area contributed by atoms with Crippen LogP contribution in [-0.2, 0) is 11.3 Å². The minimum Gasteiger partial charge on any atom is -0.355 e. The van der Waals surface area contributed by atoms with Crippen molar-refractivity contribution in [2.45, 2.75) is 26.4 Å². The van der Waals surface area contributed by atoms with Gasteiger partial charge in [0.1, 0.15) is 11.9 Å². The van der Waals surface area contributed by atoms with Gasteiger partial charge >= 0.3 is 6.03 Å². The van der Waals surface area contributed by atoms with Crippen LogP contribution in [-0.4, -0.2) is 24.5 Å². The first-order chi connectivity index (χ1) is 9.04. The molecule has 1 unspecified atom stereocenters. The van der Waals surface area contributed by atoms with E-state index in [0.29, 0.717) is 12.1 Å². The number of likely N-dealkylation sites (N-methyl/N-ethyl adjacent to an activating group) is 1. The molecule has 0 spiro atoms. The van der Waals surface area contributed by atoms with Crippen molar-refractivity contribution in [3.05, 3.63) is 35.6 Å². The number of nitrogens with one attached hydrogen (secondary N) is 3. The van der Waals surface area contributed by atoms with Crippen LogP contribution in [0.5, 0.6) is 0 Å². The molecule has 104 valence electrons. The van der Waals surface area contributed by atoms with Gasteiger partial charge in [-0.15, -0.1) is 0 Å². The van der Waals surface area contributed by atoms with E-state index in [1.54, 1.807) is 32.0 Å². The Hall–Kier alpha value is -2.11. The molecule has 0 fully saturated rings. The molecule has 0 aliphatic carbocycles. The zero-order chi connectivity index (χ0) is 14.3. The Labute approximate surface area is 111 Å². The third-order valence-corrected chi connectivity index (χ3v) is 2.49. The number of benzene rings is 1. The number of carbonyl (C=O) groups excluding carboxylic acids is 2. The van der Waals surface area contributed by atoms with Crippen molar-refractivity contribution in [2.75, 3.05) is 6.54 Å². The Balaban J connectivity index is 2.40. The second-order valence-corrected chi connectivity index (χ2v) is 4.03. The summed E-state index contributed by atoms with van der Waals surface area (Å²) in [7, 11) is 0. The smallest absolute Gasteiger partial charge is 0.315 e. The molecule has 0 bridgehead atoms. The van der Waals surface area contributed by atoms with Crippen LogP contribution in [0.2, 0.25) is 0 Å². The van der Waals surface area contributed by atoms with Crippen molar-refractivity contribution >= 4 is 11.9 Å². The van der Waals surface area contributed by atoms with E-state index < -0.39 is 12.1 Å². The van der Waals surface area contributed by atoms with Crippen LogP contribution < -0.4 is 16.0 Å². The second kappa shape index (κ2) is 7.35. The Bertz CT molecular complexity index is 451. The van der Waals surface area contributed by atoms with Crippen LogP contribution in [0.15, 0.2) is 24.3 Å². The summed E-state index contributed by atoms with van der Waals surface area (Å²) in [5.41, 5.74) is 0.392. The first-order valence-electron chi connectivity index (χ1n) is 6.10. The lowest BCUT2D eigenvalue weighted by Gasteiger charge is -2.14. The molecule has 1 atom stereocenters. The average molecular weight is 267 g/mol. The highest BCUT2D eigenvalue weighted by molar-refractivity contribution is 5.86. The molecule has 0 heterocycles. The van der Waals surface area contributed by atoms with E-state index in [1.165, 1.54) is 6.07 Å². The molecule has 1 aromatic rings. The van der Waals surface area contributed by atoms with E-state index in [4.69, 9.17) is 0 Å². The number of rotatable bonds is 5. The van der Waals surface area contributed by atoms with Gasteiger partial charge in [-0.3, -0.25) is 4.79 Å². The maximum absolute atomic E-state index is 13.3. The summed E-state index contributed by atoms with van der Waals surface area (Å²) < 4.78 is 13.3. The standard InChI is InChI=1S/C13H18FN3O2/c1-3-15-12(18)9(2)17-13(19)16-8-10-6-4-5-7-11(10)14/h4-7,9H,3,8H2,1-2H3,(H,15,18)(H2,16,17,19). The third-order valence-electron chi connectivity index (χ3n) is 2.49. The molecule has 0 aliphatic rings. The summed E-state index contributed by atoms with van der Waals surface area (Å²) in [6.45, 7) is 3.94. The van der Waals surface area contributed by atoms with Gasteiger partial charge in [0.15, 0.2) is 0 Å². The molecular formula is C13H18FN3O2. The lowest BCUT2D eigenvalue weighted by molar-refractivity contribution is -0.122. The van der Waals surface area contributed by atoms with Crippen molar-refractivity contribution in [3.8, 4) is 0 Å². The number of hydrogen-bond acceptors (Lipinski definition) is 2. The lowest BCUT2D eigenvalue weighted by atomic mass is 10.2. The van der Waals surface area contributed by atoms with Gasteiger partial charge in [0.25, 0.3) is 0 Å². The molecule has 3 amide bonds. The molecule has 6 heteroatoms. The highest BCUT2D eigenvalue weighted by atomic mass is 19.1. The monoisotopic (exact) mass is 267 g/mol. The maximum Gasteiger partial charge on any atom is 0.315 e. The molecule has 3 N–H and O–H groups in total. The Morgan fingerprint density at radius 3 is 2.58 bits per heavy atom. The van der Waals surface area contributed by atoms with E-state index in [1.807, 2.05) is 0 Å². The first-order valence-corrected chi connectivity index (χ1v) is 6.10. The zero-order valence-electron chi connectivity index (χ0n) is 11.0. The van der Waals surface area contributed by atoms with E-state index in [2.05, 4.69) is 16.0 Å². The normalized spacial score (nSPS) is 11.5. The molecule has 0 saturated carbocycles. The molecule has 19 heavy (non-hydrogen) atoms. The summed E-state index contributed by atoms with van der Waals surface area (Å²) in [5.74, 6) is -0.636. The van der Waals surface area contributed by atoms with E-state index in [9.17, 15) is 14.0 Å². The molecule has 1 aromatic carbocycles. The molecule has 0 saturated heterocycles. The topological polar surface area (TPSA) is 70.2 Å². The average Bonchev–Trinajstić information content (AvgIpc) is 2.38. The largest absolute Gasteiger partial charge is 0.355 e. The summed E-state index contributed by atoms with van der Waals surface area (Å²) in [6.07, 6.45) is 0. The highest BCUT2D eigenvalue weighted by Crippen LogP contribution is 2.05. The number of amides is 3. The predicted octanol–water partition coefficient (Wildman–Crippen LogP) is 1.15. The molecule has 0 aliphatic heterocycles. The fourth-order valence-corrected chi connectivity index (χ4v) is 1.46. The number of hydrogen-bond donors (Lipinski definition) is 3. The highest BCUT2D eigenvalue weighted by Gasteiger charge is 2.14. The van der Waals surface area contributed by atoms with Crippen LogP contribution in [0.3, 0.4) is 0 Å². The van der Waals surface area contributed by atoms with Gasteiger partial charge in [-0.25, -0.2) is 9.18 Å². The van der Waals surface area contributed by atoms with Crippen LogP contribution in [0.4, 0.5) is 9.18 Å². The zero-order valence-corrected chi connectivity index (χ0v) is 11.0. The van der Waals surface area contributed by atoms with Crippen molar-refractivity contribution in [1.82, 2.24) is 16.0 Å². The van der Waals surface area contributed by atoms with Gasteiger partial charge in [-0.2, -0.15) is 0 Å². The number of carbonyl (C=O) groups is 2. The summed E-state index contributed by atoms with van der Waals surface area (Å²) in [5, 5.41) is 7.56. The van der Waals surface area contributed by atoms with Gasteiger partial charge in [0.05, 0.1) is 0 Å². The van der Waals surface area contributed by atoms with Crippen molar-refractivity contribution in [3.63, 3.8) is 0 Å². The Kier molecular flexibility index (Phi) is 5.78. The van der Waals surface area contributed by atoms with Gasteiger partial charge in [-0.1, -0.05) is 18.2 Å². The summed E-state index contributed by atoms with van der Waals surface area (Å²) in [6, 6.07) is 5.03. The molecule has 0 radical (unpaired) electrons. The molecule has 0 aromatic heterocycles. The van der Waals surface area contributed by atoms with Gasteiger partial charge < -0.3 is 16.0 Å². The quantitative estimate of drug-likeness (QED) is 0.749. The van der Waals surface area contributed by atoms with Crippen LogP contribution in [0.1, 0.15) is 19.4 Å². The fourth-order valence-electron chi connectivity index (χ4n) is 1.46. The van der Waals surface area contributed by atoms with E-state index in [-0.39, 0.29) is 18.3 Å². The van der Waals surface area contributed by atoms with E-state index in [0.717, 1.165) is 0 Å². The predicted molar refractivity (Wildman–Crippen MR) is 69.9 cm³/mol. The maximum atomic E-state index is 13.3. The minimum absolute atomic E-state index is 0.0701. The van der Waals surface area contributed by atoms with Crippen molar-refractivity contribution < 1.29 is 14.0 Å². The lowest BCUT2D eigenvalue weighted by Crippen LogP contribution is -2.48. The van der Waals surface area contributed by atoms with Crippen LogP contribution >= 0.6 is 0 Å². The second-order valence-electron chi connectivity index (χ2n) is 4.03. The van der Waals surface area contributed by atoms with Crippen LogP contribution in [0.25, 0.3) is 0 Å². The molecule has 5 nitrogen and oxygen atoms in total. The van der Waals surface area contributed by atoms with Gasteiger partial charge in [0, 0.05) is 18.7 Å². The number of urea groups is 1.